The highest BCUT2D eigenvalue weighted by molar-refractivity contribution is 6.00. The van der Waals surface area contributed by atoms with Gasteiger partial charge in [-0.15, -0.1) is 0 Å². The highest BCUT2D eigenvalue weighted by Crippen LogP contribution is 2.38. The molecule has 0 radical (unpaired) electrons. The van der Waals surface area contributed by atoms with Gasteiger partial charge >= 0.3 is 5.69 Å². The predicted octanol–water partition coefficient (Wildman–Crippen LogP) is 4.19. The molecule has 140 valence electrons. The van der Waals surface area contributed by atoms with Gasteiger partial charge in [-0.05, 0) is 34.1 Å². The van der Waals surface area contributed by atoms with Crippen molar-refractivity contribution in [3.05, 3.63) is 76.3 Å². The fraction of sp³-hybridized carbons (Fsp3) is 0.0526. The lowest BCUT2D eigenvalue weighted by Crippen LogP contribution is -2.04. The number of nitrogens with one attached hydrogen (secondary N) is 2. The first-order chi connectivity index (χ1) is 13.6. The van der Waals surface area contributed by atoms with Crippen LogP contribution in [0.15, 0.2) is 65.3 Å². The number of rotatable bonds is 6. The molecule has 0 bridgehead atoms. The summed E-state index contributed by atoms with van der Waals surface area (Å²) in [5.74, 6) is 0.0869. The molecule has 0 aliphatic heterocycles. The molecule has 0 unspecified atom stereocenters. The first-order valence-electron chi connectivity index (χ1n) is 8.39. The van der Waals surface area contributed by atoms with Gasteiger partial charge in [0.05, 0.1) is 10.6 Å². The van der Waals surface area contributed by atoms with Crippen molar-refractivity contribution in [1.29, 1.82) is 0 Å². The van der Waals surface area contributed by atoms with E-state index < -0.39 is 4.92 Å². The Morgan fingerprint density at radius 3 is 2.54 bits per heavy atom. The van der Waals surface area contributed by atoms with Crippen molar-refractivity contribution in [1.82, 2.24) is 10.3 Å². The molecule has 4 aromatic rings. The summed E-state index contributed by atoms with van der Waals surface area (Å²) < 4.78 is 4.75. The molecule has 3 aromatic carbocycles. The fourth-order valence-electron chi connectivity index (χ4n) is 2.88. The molecular formula is C19H15N5O4. The Bertz CT molecular complexity index is 1140. The van der Waals surface area contributed by atoms with Crippen LogP contribution in [-0.2, 0) is 6.54 Å². The quantitative estimate of drug-likeness (QED) is 0.337. The summed E-state index contributed by atoms with van der Waals surface area (Å²) in [5.41, 5.74) is 2.34. The number of hydrogen-bond acceptors (Lipinski definition) is 8. The maximum atomic E-state index is 11.7. The Morgan fingerprint density at radius 2 is 1.79 bits per heavy atom. The van der Waals surface area contributed by atoms with E-state index in [1.165, 1.54) is 6.07 Å². The van der Waals surface area contributed by atoms with E-state index in [1.54, 1.807) is 24.3 Å². The van der Waals surface area contributed by atoms with Crippen LogP contribution in [0.2, 0.25) is 0 Å². The van der Waals surface area contributed by atoms with Gasteiger partial charge in [0.25, 0.3) is 0 Å². The lowest BCUT2D eigenvalue weighted by molar-refractivity contribution is -0.382. The third-order valence-corrected chi connectivity index (χ3v) is 4.15. The fourth-order valence-corrected chi connectivity index (χ4v) is 2.88. The summed E-state index contributed by atoms with van der Waals surface area (Å²) in [6.07, 6.45) is 0. The normalized spacial score (nSPS) is 10.7. The summed E-state index contributed by atoms with van der Waals surface area (Å²) >= 11 is 0. The molecule has 0 saturated heterocycles. The summed E-state index contributed by atoms with van der Waals surface area (Å²) in [4.78, 5) is 11.1. The topological polar surface area (TPSA) is 126 Å². The van der Waals surface area contributed by atoms with Crippen LogP contribution in [0.1, 0.15) is 5.56 Å². The van der Waals surface area contributed by atoms with Crippen LogP contribution in [0.5, 0.6) is 5.75 Å². The number of aromatic hydroxyl groups is 1. The smallest absolute Gasteiger partial charge is 0.323 e. The first-order valence-corrected chi connectivity index (χ1v) is 8.39. The second kappa shape index (κ2) is 7.23. The van der Waals surface area contributed by atoms with Crippen molar-refractivity contribution in [3.8, 4) is 5.75 Å². The Balaban J connectivity index is 1.76. The van der Waals surface area contributed by atoms with Crippen molar-refractivity contribution in [2.24, 2.45) is 0 Å². The number of hydrogen-bond donors (Lipinski definition) is 3. The summed E-state index contributed by atoms with van der Waals surface area (Å²) in [6, 6.07) is 17.6. The number of fused-ring (bicyclic) bond motifs is 1. The molecule has 4 rings (SSSR count). The van der Waals surface area contributed by atoms with Crippen molar-refractivity contribution < 1.29 is 14.7 Å². The minimum atomic E-state index is -0.516. The van der Waals surface area contributed by atoms with Gasteiger partial charge in [-0.1, -0.05) is 36.4 Å². The van der Waals surface area contributed by atoms with E-state index >= 15 is 0 Å². The molecule has 0 spiro atoms. The Morgan fingerprint density at radius 1 is 1.00 bits per heavy atom. The molecule has 0 aliphatic rings. The zero-order valence-corrected chi connectivity index (χ0v) is 14.5. The van der Waals surface area contributed by atoms with Crippen LogP contribution < -0.4 is 10.6 Å². The molecule has 3 N–H and O–H groups in total. The minimum Gasteiger partial charge on any atom is -0.508 e. The number of phenolic OH excluding ortho intramolecular Hbond substituents is 1. The number of nitrogens with zero attached hydrogens (tertiary/aromatic N) is 3. The monoisotopic (exact) mass is 377 g/mol. The summed E-state index contributed by atoms with van der Waals surface area (Å²) in [5, 5.41) is 35.0. The van der Waals surface area contributed by atoms with Gasteiger partial charge < -0.3 is 15.7 Å². The van der Waals surface area contributed by atoms with Crippen molar-refractivity contribution in [2.75, 3.05) is 10.6 Å². The van der Waals surface area contributed by atoms with Crippen molar-refractivity contribution in [2.45, 2.75) is 6.54 Å². The van der Waals surface area contributed by atoms with Crippen LogP contribution in [0.25, 0.3) is 11.0 Å². The maximum Gasteiger partial charge on any atom is 0.323 e. The van der Waals surface area contributed by atoms with Gasteiger partial charge in [-0.2, -0.15) is 0 Å². The minimum absolute atomic E-state index is 0.0331. The number of anilines is 3. The van der Waals surface area contributed by atoms with E-state index in [0.717, 1.165) is 5.56 Å². The van der Waals surface area contributed by atoms with E-state index in [1.807, 2.05) is 30.3 Å². The zero-order valence-electron chi connectivity index (χ0n) is 14.5. The van der Waals surface area contributed by atoms with E-state index in [0.29, 0.717) is 17.9 Å². The molecule has 1 aromatic heterocycles. The second-order valence-electron chi connectivity index (χ2n) is 6.05. The molecule has 0 atom stereocenters. The highest BCUT2D eigenvalue weighted by atomic mass is 16.6. The van der Waals surface area contributed by atoms with Crippen LogP contribution in [0, 0.1) is 10.1 Å². The molecule has 9 heteroatoms. The van der Waals surface area contributed by atoms with Crippen molar-refractivity contribution >= 4 is 33.8 Å². The lowest BCUT2D eigenvalue weighted by Gasteiger charge is -2.11. The molecule has 28 heavy (non-hydrogen) atoms. The SMILES string of the molecule is O=[N+]([O-])c1c(NCc2ccccc2)cc(Nc2cccc(O)c2)c2nonc12. The van der Waals surface area contributed by atoms with Crippen LogP contribution in [0.4, 0.5) is 22.7 Å². The van der Waals surface area contributed by atoms with E-state index in [9.17, 15) is 15.2 Å². The van der Waals surface area contributed by atoms with Crippen LogP contribution in [-0.4, -0.2) is 20.3 Å². The van der Waals surface area contributed by atoms with Gasteiger partial charge in [-0.25, -0.2) is 4.63 Å². The molecule has 0 aliphatic carbocycles. The van der Waals surface area contributed by atoms with E-state index in [2.05, 4.69) is 20.9 Å². The van der Waals surface area contributed by atoms with Gasteiger partial charge in [0.1, 0.15) is 11.4 Å². The third-order valence-electron chi connectivity index (χ3n) is 4.15. The largest absolute Gasteiger partial charge is 0.508 e. The molecule has 1 heterocycles. The third kappa shape index (κ3) is 3.40. The summed E-state index contributed by atoms with van der Waals surface area (Å²) in [7, 11) is 0. The lowest BCUT2D eigenvalue weighted by atomic mass is 10.1. The highest BCUT2D eigenvalue weighted by Gasteiger charge is 2.25. The zero-order chi connectivity index (χ0) is 19.5. The Labute approximate surface area is 158 Å². The average Bonchev–Trinajstić information content (AvgIpc) is 3.16. The number of aromatic nitrogens is 2. The number of nitro groups is 1. The molecular weight excluding hydrogens is 362 g/mol. The van der Waals surface area contributed by atoms with E-state index in [-0.39, 0.29) is 28.2 Å². The van der Waals surface area contributed by atoms with Crippen LogP contribution in [0.3, 0.4) is 0 Å². The molecule has 0 fully saturated rings. The first kappa shape index (κ1) is 17.3. The Hall–Kier alpha value is -4.14. The number of benzene rings is 3. The van der Waals surface area contributed by atoms with Crippen LogP contribution >= 0.6 is 0 Å². The van der Waals surface area contributed by atoms with E-state index in [4.69, 9.17) is 4.63 Å². The maximum absolute atomic E-state index is 11.7. The summed E-state index contributed by atoms with van der Waals surface area (Å²) in [6.45, 7) is 0.393. The van der Waals surface area contributed by atoms with Gasteiger partial charge in [0, 0.05) is 18.3 Å². The van der Waals surface area contributed by atoms with Gasteiger partial charge in [0.2, 0.25) is 5.52 Å². The Kier molecular flexibility index (Phi) is 4.47. The predicted molar refractivity (Wildman–Crippen MR) is 104 cm³/mol. The molecule has 0 saturated carbocycles. The van der Waals surface area contributed by atoms with Gasteiger partial charge in [0.15, 0.2) is 5.52 Å². The number of nitro benzene ring substituents is 1. The molecule has 0 amide bonds. The number of phenols is 1. The second-order valence-corrected chi connectivity index (χ2v) is 6.05. The average molecular weight is 377 g/mol. The molecule has 9 nitrogen and oxygen atoms in total. The van der Waals surface area contributed by atoms with Gasteiger partial charge in [-0.3, -0.25) is 10.1 Å². The standard InChI is InChI=1S/C19H15N5O4/c25-14-8-4-7-13(9-14)21-15-10-16(20-11-12-5-2-1-3-6-12)19(24(26)27)18-17(15)22-28-23-18/h1-10,20-21,25H,11H2. The van der Waals surface area contributed by atoms with Crippen molar-refractivity contribution in [3.63, 3.8) is 0 Å².